The standard InChI is InChI=1S/C26H37N3O14/c1-12(20(32)29-11-10-28(18(7)30)26(29)27-9)39-22(34)14(3)41-24(36)16(5)43-25(37)17(6)42-23(35)15(4)40-21(33)13(2)38-19(8)31/h12-17H,10-11H2,1-9H3/b27-26-. The molecule has 6 unspecified atom stereocenters. The van der Waals surface area contributed by atoms with Crippen LogP contribution in [0.4, 0.5) is 0 Å². The summed E-state index contributed by atoms with van der Waals surface area (Å²) in [6.07, 6.45) is -8.65. The van der Waals surface area contributed by atoms with Crippen molar-refractivity contribution in [3.8, 4) is 0 Å². The van der Waals surface area contributed by atoms with E-state index in [1.807, 2.05) is 0 Å². The summed E-state index contributed by atoms with van der Waals surface area (Å²) in [5, 5.41) is 0. The fourth-order valence-electron chi connectivity index (χ4n) is 3.40. The van der Waals surface area contributed by atoms with Crippen molar-refractivity contribution < 1.29 is 66.8 Å². The quantitative estimate of drug-likeness (QED) is 0.196. The molecule has 1 saturated heterocycles. The number of hydrogen-bond donors (Lipinski definition) is 0. The van der Waals surface area contributed by atoms with E-state index in [0.29, 0.717) is 0 Å². The maximum atomic E-state index is 12.8. The van der Waals surface area contributed by atoms with Crippen LogP contribution < -0.4 is 0 Å². The van der Waals surface area contributed by atoms with Crippen LogP contribution in [0.25, 0.3) is 0 Å². The van der Waals surface area contributed by atoms with E-state index in [2.05, 4.69) is 9.73 Å². The first-order valence-electron chi connectivity index (χ1n) is 13.2. The highest BCUT2D eigenvalue weighted by Gasteiger charge is 2.37. The summed E-state index contributed by atoms with van der Waals surface area (Å²) in [7, 11) is 1.40. The summed E-state index contributed by atoms with van der Waals surface area (Å²) in [5.74, 6) is -7.10. The Balaban J connectivity index is 2.59. The van der Waals surface area contributed by atoms with Crippen LogP contribution in [0.5, 0.6) is 0 Å². The summed E-state index contributed by atoms with van der Waals surface area (Å²) >= 11 is 0. The van der Waals surface area contributed by atoms with Crippen LogP contribution in [0.3, 0.4) is 0 Å². The van der Waals surface area contributed by atoms with Gasteiger partial charge in [0.2, 0.25) is 11.9 Å². The van der Waals surface area contributed by atoms with Crippen LogP contribution >= 0.6 is 0 Å². The third kappa shape index (κ3) is 10.6. The van der Waals surface area contributed by atoms with Crippen LogP contribution in [0.15, 0.2) is 4.99 Å². The lowest BCUT2D eigenvalue weighted by Gasteiger charge is -2.23. The Labute approximate surface area is 247 Å². The Morgan fingerprint density at radius 3 is 1.14 bits per heavy atom. The van der Waals surface area contributed by atoms with E-state index in [-0.39, 0.29) is 25.0 Å². The van der Waals surface area contributed by atoms with Gasteiger partial charge in [-0.1, -0.05) is 0 Å². The molecule has 0 aromatic rings. The van der Waals surface area contributed by atoms with Gasteiger partial charge in [-0.25, -0.2) is 24.0 Å². The van der Waals surface area contributed by atoms with Crippen molar-refractivity contribution in [2.45, 2.75) is 92.0 Å². The molecule has 0 radical (unpaired) electrons. The molecule has 0 spiro atoms. The molecule has 0 bridgehead atoms. The number of aliphatic imine (C=N–C) groups is 1. The lowest BCUT2D eigenvalue weighted by atomic mass is 10.3. The minimum atomic E-state index is -1.55. The van der Waals surface area contributed by atoms with E-state index >= 15 is 0 Å². The van der Waals surface area contributed by atoms with E-state index in [9.17, 15) is 38.4 Å². The van der Waals surface area contributed by atoms with Crippen LogP contribution in [0.1, 0.15) is 55.4 Å². The minimum Gasteiger partial charge on any atom is -0.451 e. The van der Waals surface area contributed by atoms with E-state index in [0.717, 1.165) is 27.7 Å². The van der Waals surface area contributed by atoms with Crippen molar-refractivity contribution in [3.63, 3.8) is 0 Å². The number of nitrogens with zero attached hydrogens (tertiary/aromatic N) is 3. The monoisotopic (exact) mass is 615 g/mol. The van der Waals surface area contributed by atoms with Crippen molar-refractivity contribution in [3.05, 3.63) is 0 Å². The molecule has 0 aliphatic carbocycles. The average Bonchev–Trinajstić information content (AvgIpc) is 3.36. The van der Waals surface area contributed by atoms with Crippen molar-refractivity contribution in [2.24, 2.45) is 4.99 Å². The fraction of sp³-hybridized carbons (Fsp3) is 0.654. The molecule has 1 rings (SSSR count). The first-order chi connectivity index (χ1) is 19.9. The number of guanidine groups is 1. The van der Waals surface area contributed by atoms with Gasteiger partial charge in [-0.05, 0) is 41.5 Å². The molecule has 0 saturated carbocycles. The maximum absolute atomic E-state index is 12.8. The topological polar surface area (TPSA) is 211 Å². The van der Waals surface area contributed by atoms with Gasteiger partial charge in [-0.15, -0.1) is 0 Å². The lowest BCUT2D eigenvalue weighted by molar-refractivity contribution is -0.187. The molecular weight excluding hydrogens is 578 g/mol. The van der Waals surface area contributed by atoms with Gasteiger partial charge in [0, 0.05) is 34.0 Å². The highest BCUT2D eigenvalue weighted by atomic mass is 16.6. The molecule has 1 aliphatic rings. The van der Waals surface area contributed by atoms with Crippen LogP contribution in [-0.4, -0.2) is 120 Å². The van der Waals surface area contributed by atoms with E-state index in [4.69, 9.17) is 23.7 Å². The van der Waals surface area contributed by atoms with Crippen LogP contribution in [-0.2, 0) is 66.8 Å². The molecule has 1 fully saturated rings. The molecular formula is C26H37N3O14. The van der Waals surface area contributed by atoms with Gasteiger partial charge in [0.25, 0.3) is 5.91 Å². The van der Waals surface area contributed by atoms with Gasteiger partial charge in [0.1, 0.15) is 0 Å². The molecule has 1 aliphatic heterocycles. The fourth-order valence-corrected chi connectivity index (χ4v) is 3.40. The zero-order chi connectivity index (χ0) is 33.2. The van der Waals surface area contributed by atoms with Crippen molar-refractivity contribution in [1.82, 2.24) is 9.80 Å². The molecule has 0 aromatic carbocycles. The molecule has 17 heteroatoms. The van der Waals surface area contributed by atoms with Crippen LogP contribution in [0.2, 0.25) is 0 Å². The molecule has 2 amide bonds. The highest BCUT2D eigenvalue weighted by molar-refractivity contribution is 6.06. The van der Waals surface area contributed by atoms with Gasteiger partial charge in [-0.3, -0.25) is 29.2 Å². The minimum absolute atomic E-state index is 0.111. The Hall–Kier alpha value is -4.57. The first kappa shape index (κ1) is 36.5. The van der Waals surface area contributed by atoms with Gasteiger partial charge >= 0.3 is 35.8 Å². The maximum Gasteiger partial charge on any atom is 0.347 e. The zero-order valence-corrected chi connectivity index (χ0v) is 25.4. The third-order valence-corrected chi connectivity index (χ3v) is 5.69. The van der Waals surface area contributed by atoms with E-state index in [1.165, 1.54) is 44.5 Å². The van der Waals surface area contributed by atoms with Crippen molar-refractivity contribution in [2.75, 3.05) is 20.1 Å². The largest absolute Gasteiger partial charge is 0.451 e. The second kappa shape index (κ2) is 16.2. The number of carbonyl (C=O) groups excluding carboxylic acids is 8. The first-order valence-corrected chi connectivity index (χ1v) is 13.2. The molecule has 0 aromatic heterocycles. The van der Waals surface area contributed by atoms with E-state index in [1.54, 1.807) is 0 Å². The van der Waals surface area contributed by atoms with Gasteiger partial charge in [0.05, 0.1) is 0 Å². The Morgan fingerprint density at radius 1 is 0.535 bits per heavy atom. The summed E-state index contributed by atoms with van der Waals surface area (Å²) in [6.45, 7) is 9.92. The Bertz CT molecular complexity index is 1150. The van der Waals surface area contributed by atoms with Crippen molar-refractivity contribution >= 4 is 53.6 Å². The SMILES string of the molecule is C/N=C1/N(C(C)=O)CCN1C(=O)C(C)OC(=O)C(C)OC(=O)C(C)OC(=O)C(C)OC(=O)C(C)OC(=O)C(C)OC(C)=O. The number of ether oxygens (including phenoxy) is 6. The lowest BCUT2D eigenvalue weighted by Crippen LogP contribution is -2.45. The van der Waals surface area contributed by atoms with Gasteiger partial charge in [0.15, 0.2) is 36.6 Å². The predicted octanol–water partition coefficient (Wildman–Crippen LogP) is -0.727. The Kier molecular flexibility index (Phi) is 13.7. The molecule has 0 N–H and O–H groups in total. The second-order valence-corrected chi connectivity index (χ2v) is 9.33. The van der Waals surface area contributed by atoms with E-state index < -0.39 is 78.3 Å². The average molecular weight is 616 g/mol. The predicted molar refractivity (Wildman–Crippen MR) is 141 cm³/mol. The smallest absolute Gasteiger partial charge is 0.347 e. The van der Waals surface area contributed by atoms with Crippen LogP contribution in [0, 0.1) is 0 Å². The van der Waals surface area contributed by atoms with Crippen molar-refractivity contribution in [1.29, 1.82) is 0 Å². The number of amides is 2. The van der Waals surface area contributed by atoms with Gasteiger partial charge < -0.3 is 28.4 Å². The number of hydrogen-bond acceptors (Lipinski definition) is 15. The number of esters is 6. The number of rotatable bonds is 12. The zero-order valence-electron chi connectivity index (χ0n) is 25.4. The molecule has 240 valence electrons. The van der Waals surface area contributed by atoms with Gasteiger partial charge in [-0.2, -0.15) is 0 Å². The molecule has 6 atom stereocenters. The number of carbonyl (C=O) groups is 8. The molecule has 17 nitrogen and oxygen atoms in total. The normalized spacial score (nSPS) is 17.8. The summed E-state index contributed by atoms with van der Waals surface area (Å²) < 4.78 is 29.4. The highest BCUT2D eigenvalue weighted by Crippen LogP contribution is 2.14. The third-order valence-electron chi connectivity index (χ3n) is 5.69. The molecule has 1 heterocycles. The molecule has 43 heavy (non-hydrogen) atoms. The summed E-state index contributed by atoms with van der Waals surface area (Å²) in [6, 6.07) is 0. The Morgan fingerprint density at radius 2 is 0.837 bits per heavy atom. The summed E-state index contributed by atoms with van der Waals surface area (Å²) in [4.78, 5) is 103. The summed E-state index contributed by atoms with van der Waals surface area (Å²) in [5.41, 5.74) is 0. The second-order valence-electron chi connectivity index (χ2n) is 9.33.